The van der Waals surface area contributed by atoms with Gasteiger partial charge in [0, 0.05) is 19.6 Å². The highest BCUT2D eigenvalue weighted by Gasteiger charge is 2.31. The van der Waals surface area contributed by atoms with Crippen molar-refractivity contribution in [2.45, 2.75) is 66.0 Å². The Morgan fingerprint density at radius 2 is 1.86 bits per heavy atom. The molecule has 1 saturated carbocycles. The molecule has 0 bridgehead atoms. The Labute approximate surface area is 130 Å². The summed E-state index contributed by atoms with van der Waals surface area (Å²) in [6.45, 7) is 14.2. The summed E-state index contributed by atoms with van der Waals surface area (Å²) in [5.41, 5.74) is -0.426. The highest BCUT2D eigenvalue weighted by molar-refractivity contribution is 5.67. The number of hydrogen-bond donors (Lipinski definition) is 1. The average molecular weight is 298 g/mol. The number of carbonyl (C=O) groups is 1. The van der Waals surface area contributed by atoms with Crippen LogP contribution in [0.1, 0.15) is 54.4 Å². The minimum atomic E-state index is -0.426. The van der Waals surface area contributed by atoms with Crippen LogP contribution in [0.5, 0.6) is 0 Å². The van der Waals surface area contributed by atoms with Crippen molar-refractivity contribution in [2.75, 3.05) is 20.1 Å². The molecule has 1 unspecified atom stereocenters. The van der Waals surface area contributed by atoms with Gasteiger partial charge in [0.25, 0.3) is 0 Å². The molecular formula is C17H34N2O2. The van der Waals surface area contributed by atoms with Crippen molar-refractivity contribution in [3.05, 3.63) is 0 Å². The van der Waals surface area contributed by atoms with Crippen LogP contribution in [0.25, 0.3) is 0 Å². The number of carbonyl (C=O) groups excluding carboxylic acids is 1. The fraction of sp³-hybridized carbons (Fsp3) is 0.941. The van der Waals surface area contributed by atoms with Crippen molar-refractivity contribution < 1.29 is 9.53 Å². The molecule has 4 nitrogen and oxygen atoms in total. The molecule has 0 aromatic heterocycles. The summed E-state index contributed by atoms with van der Waals surface area (Å²) in [7, 11) is 1.81. The zero-order chi connectivity index (χ0) is 16.2. The van der Waals surface area contributed by atoms with Crippen LogP contribution < -0.4 is 5.32 Å². The third kappa shape index (κ3) is 6.68. The van der Waals surface area contributed by atoms with Crippen molar-refractivity contribution >= 4 is 6.09 Å². The first-order valence-electron chi connectivity index (χ1n) is 8.26. The second-order valence-electron chi connectivity index (χ2n) is 8.05. The van der Waals surface area contributed by atoms with Gasteiger partial charge in [0.05, 0.1) is 0 Å². The number of amides is 1. The molecule has 0 radical (unpaired) electrons. The molecule has 0 aromatic rings. The van der Waals surface area contributed by atoms with E-state index in [1.54, 1.807) is 4.90 Å². The van der Waals surface area contributed by atoms with Gasteiger partial charge in [0.1, 0.15) is 5.60 Å². The molecule has 0 aromatic carbocycles. The molecule has 1 N–H and O–H groups in total. The van der Waals surface area contributed by atoms with E-state index in [0.29, 0.717) is 12.0 Å². The largest absolute Gasteiger partial charge is 0.444 e. The number of rotatable bonds is 6. The van der Waals surface area contributed by atoms with Crippen LogP contribution in [0.3, 0.4) is 0 Å². The van der Waals surface area contributed by atoms with Crippen LogP contribution in [-0.2, 0) is 4.74 Å². The summed E-state index contributed by atoms with van der Waals surface area (Å²) in [5.74, 6) is 2.13. The van der Waals surface area contributed by atoms with Gasteiger partial charge in [0.2, 0.25) is 0 Å². The van der Waals surface area contributed by atoms with Gasteiger partial charge in [-0.25, -0.2) is 4.79 Å². The molecule has 124 valence electrons. The maximum atomic E-state index is 11.9. The average Bonchev–Trinajstić information content (AvgIpc) is 2.23. The molecule has 1 aliphatic carbocycles. The first kappa shape index (κ1) is 18.3. The van der Waals surface area contributed by atoms with Gasteiger partial charge in [-0.1, -0.05) is 20.8 Å². The maximum Gasteiger partial charge on any atom is 0.410 e. The fourth-order valence-corrected chi connectivity index (χ4v) is 2.69. The summed E-state index contributed by atoms with van der Waals surface area (Å²) in [4.78, 5) is 13.6. The predicted molar refractivity (Wildman–Crippen MR) is 87.4 cm³/mol. The number of hydrogen-bond acceptors (Lipinski definition) is 3. The summed E-state index contributed by atoms with van der Waals surface area (Å²) in [5, 5.41) is 3.62. The van der Waals surface area contributed by atoms with Gasteiger partial charge in [-0.15, -0.1) is 0 Å². The lowest BCUT2D eigenvalue weighted by atomic mass is 9.73. The third-order valence-electron chi connectivity index (χ3n) is 4.16. The van der Waals surface area contributed by atoms with Crippen LogP contribution in [-0.4, -0.2) is 42.8 Å². The third-order valence-corrected chi connectivity index (χ3v) is 4.16. The zero-order valence-corrected chi connectivity index (χ0v) is 14.9. The monoisotopic (exact) mass is 298 g/mol. The summed E-state index contributed by atoms with van der Waals surface area (Å²) in [6.07, 6.45) is 2.36. The molecule has 1 aliphatic rings. The van der Waals surface area contributed by atoms with E-state index in [2.05, 4.69) is 26.1 Å². The molecule has 0 heterocycles. The van der Waals surface area contributed by atoms with E-state index in [1.807, 2.05) is 27.8 Å². The van der Waals surface area contributed by atoms with Gasteiger partial charge in [0.15, 0.2) is 0 Å². The first-order valence-corrected chi connectivity index (χ1v) is 8.26. The van der Waals surface area contributed by atoms with Crippen LogP contribution in [0, 0.1) is 17.8 Å². The van der Waals surface area contributed by atoms with Crippen molar-refractivity contribution in [2.24, 2.45) is 17.8 Å². The molecule has 1 rings (SSSR count). The Bertz CT molecular complexity index is 330. The molecule has 0 saturated heterocycles. The quantitative estimate of drug-likeness (QED) is 0.816. The van der Waals surface area contributed by atoms with Crippen molar-refractivity contribution in [1.82, 2.24) is 10.2 Å². The van der Waals surface area contributed by atoms with E-state index >= 15 is 0 Å². The number of ether oxygens (including phenoxy) is 1. The van der Waals surface area contributed by atoms with Gasteiger partial charge in [-0.05, 0) is 57.9 Å². The maximum absolute atomic E-state index is 11.9. The molecule has 0 spiro atoms. The predicted octanol–water partition coefficient (Wildman–Crippen LogP) is 3.51. The lowest BCUT2D eigenvalue weighted by Gasteiger charge is -2.39. The van der Waals surface area contributed by atoms with E-state index in [9.17, 15) is 4.79 Å². The molecule has 1 fully saturated rings. The topological polar surface area (TPSA) is 41.6 Å². The van der Waals surface area contributed by atoms with E-state index in [-0.39, 0.29) is 6.09 Å². The van der Waals surface area contributed by atoms with Crippen LogP contribution >= 0.6 is 0 Å². The van der Waals surface area contributed by atoms with Gasteiger partial charge >= 0.3 is 6.09 Å². The van der Waals surface area contributed by atoms with Crippen molar-refractivity contribution in [3.63, 3.8) is 0 Å². The highest BCUT2D eigenvalue weighted by atomic mass is 16.6. The minimum absolute atomic E-state index is 0.238. The molecule has 1 atom stereocenters. The highest BCUT2D eigenvalue weighted by Crippen LogP contribution is 2.33. The van der Waals surface area contributed by atoms with Crippen LogP contribution in [0.15, 0.2) is 0 Å². The number of nitrogens with zero attached hydrogens (tertiary/aromatic N) is 1. The fourth-order valence-electron chi connectivity index (χ4n) is 2.69. The van der Waals surface area contributed by atoms with E-state index < -0.39 is 5.60 Å². The van der Waals surface area contributed by atoms with Gasteiger partial charge < -0.3 is 15.0 Å². The SMILES string of the molecule is CC(CNC1CC(C(C)C)C1)CN(C)C(=O)OC(C)(C)C. The van der Waals surface area contributed by atoms with E-state index in [0.717, 1.165) is 24.9 Å². The first-order chi connectivity index (χ1) is 9.58. The molecule has 21 heavy (non-hydrogen) atoms. The molecule has 0 aliphatic heterocycles. The number of nitrogens with one attached hydrogen (secondary N) is 1. The van der Waals surface area contributed by atoms with Crippen molar-refractivity contribution in [3.8, 4) is 0 Å². The lowest BCUT2D eigenvalue weighted by molar-refractivity contribution is 0.0274. The summed E-state index contributed by atoms with van der Waals surface area (Å²) >= 11 is 0. The Hall–Kier alpha value is -0.770. The smallest absolute Gasteiger partial charge is 0.410 e. The Balaban J connectivity index is 2.19. The lowest BCUT2D eigenvalue weighted by Crippen LogP contribution is -2.46. The Morgan fingerprint density at radius 1 is 1.29 bits per heavy atom. The molecule has 1 amide bonds. The van der Waals surface area contributed by atoms with Crippen LogP contribution in [0.4, 0.5) is 4.79 Å². The zero-order valence-electron chi connectivity index (χ0n) is 14.9. The second-order valence-corrected chi connectivity index (χ2v) is 8.05. The van der Waals surface area contributed by atoms with Gasteiger partial charge in [-0.3, -0.25) is 0 Å². The van der Waals surface area contributed by atoms with Crippen LogP contribution in [0.2, 0.25) is 0 Å². The minimum Gasteiger partial charge on any atom is -0.444 e. The van der Waals surface area contributed by atoms with E-state index in [4.69, 9.17) is 4.74 Å². The molecule has 4 heteroatoms. The van der Waals surface area contributed by atoms with Gasteiger partial charge in [-0.2, -0.15) is 0 Å². The summed E-state index contributed by atoms with van der Waals surface area (Å²) in [6, 6.07) is 0.673. The Morgan fingerprint density at radius 3 is 2.33 bits per heavy atom. The van der Waals surface area contributed by atoms with E-state index in [1.165, 1.54) is 12.8 Å². The van der Waals surface area contributed by atoms with Crippen molar-refractivity contribution in [1.29, 1.82) is 0 Å². The normalized spacial score (nSPS) is 23.6. The molecular weight excluding hydrogens is 264 g/mol. The second kappa shape index (κ2) is 7.48. The Kier molecular flexibility index (Phi) is 6.51. The standard InChI is InChI=1S/C17H34N2O2/c1-12(2)14-8-15(9-14)18-10-13(3)11-19(7)16(20)21-17(4,5)6/h12-15,18H,8-11H2,1-7H3. The summed E-state index contributed by atoms with van der Waals surface area (Å²) < 4.78 is 5.37.